The smallest absolute Gasteiger partial charge is 0.224 e. The first-order valence-electron chi connectivity index (χ1n) is 9.79. The van der Waals surface area contributed by atoms with Crippen LogP contribution in [-0.4, -0.2) is 60.2 Å². The third-order valence-electron chi connectivity index (χ3n) is 5.28. The normalized spacial score (nSPS) is 15.0. The van der Waals surface area contributed by atoms with Gasteiger partial charge in [-0.3, -0.25) is 9.69 Å². The monoisotopic (exact) mass is 378 g/mol. The molecule has 1 aliphatic rings. The number of hydrogen-bond donors (Lipinski definition) is 2. The second kappa shape index (κ2) is 8.54. The average molecular weight is 378 g/mol. The first-order valence-corrected chi connectivity index (χ1v) is 9.79. The maximum Gasteiger partial charge on any atom is 0.224 e. The Morgan fingerprint density at radius 2 is 2.11 bits per heavy atom. The summed E-state index contributed by atoms with van der Waals surface area (Å²) < 4.78 is 5.35. The van der Waals surface area contributed by atoms with E-state index in [9.17, 15) is 4.79 Å². The van der Waals surface area contributed by atoms with Crippen molar-refractivity contribution < 1.29 is 9.53 Å². The highest BCUT2D eigenvalue weighted by atomic mass is 16.5. The number of rotatable bonds is 6. The standard InChI is InChI=1S/C22H26N4O2/c1-16-4-2-3-5-19(16)17-12-20-18(15-25-22(20)24-14-17)13-21(27)23-6-7-26-8-10-28-11-9-26/h2-5,12,14-15H,6-11,13H2,1H3,(H,23,27)(H,24,25). The van der Waals surface area contributed by atoms with Crippen molar-refractivity contribution in [2.75, 3.05) is 39.4 Å². The number of pyridine rings is 1. The zero-order valence-corrected chi connectivity index (χ0v) is 16.2. The first kappa shape index (κ1) is 18.7. The molecule has 0 aliphatic carbocycles. The van der Waals surface area contributed by atoms with Gasteiger partial charge in [0.15, 0.2) is 0 Å². The van der Waals surface area contributed by atoms with Gasteiger partial charge in [-0.1, -0.05) is 24.3 Å². The minimum Gasteiger partial charge on any atom is -0.379 e. The number of fused-ring (bicyclic) bond motifs is 1. The molecule has 1 aromatic carbocycles. The predicted molar refractivity (Wildman–Crippen MR) is 110 cm³/mol. The molecule has 0 unspecified atom stereocenters. The molecule has 1 amide bonds. The molecule has 1 fully saturated rings. The summed E-state index contributed by atoms with van der Waals surface area (Å²) in [5, 5.41) is 4.04. The Kier molecular flexibility index (Phi) is 5.69. The summed E-state index contributed by atoms with van der Waals surface area (Å²) in [5.74, 6) is 0.0375. The minimum atomic E-state index is 0.0375. The number of aryl methyl sites for hydroxylation is 1. The van der Waals surface area contributed by atoms with Crippen molar-refractivity contribution in [1.82, 2.24) is 20.2 Å². The maximum atomic E-state index is 12.4. The van der Waals surface area contributed by atoms with Crippen LogP contribution < -0.4 is 5.32 Å². The van der Waals surface area contributed by atoms with Crippen molar-refractivity contribution in [3.05, 3.63) is 53.9 Å². The second-order valence-electron chi connectivity index (χ2n) is 7.23. The SMILES string of the molecule is Cc1ccccc1-c1cnc2[nH]cc(CC(=O)NCCN3CCOCC3)c2c1. The lowest BCUT2D eigenvalue weighted by atomic mass is 10.0. The van der Waals surface area contributed by atoms with Gasteiger partial charge in [-0.2, -0.15) is 0 Å². The summed E-state index contributed by atoms with van der Waals surface area (Å²) in [7, 11) is 0. The van der Waals surface area contributed by atoms with Crippen LogP contribution in [-0.2, 0) is 16.0 Å². The van der Waals surface area contributed by atoms with Crippen LogP contribution in [0.25, 0.3) is 22.2 Å². The predicted octanol–water partition coefficient (Wildman–Crippen LogP) is 2.53. The number of aromatic nitrogens is 2. The molecule has 0 radical (unpaired) electrons. The van der Waals surface area contributed by atoms with Crippen LogP contribution in [0.15, 0.2) is 42.7 Å². The van der Waals surface area contributed by atoms with Crippen LogP contribution in [0, 0.1) is 6.92 Å². The largest absolute Gasteiger partial charge is 0.379 e. The van der Waals surface area contributed by atoms with E-state index in [1.165, 1.54) is 11.1 Å². The first-order chi connectivity index (χ1) is 13.7. The van der Waals surface area contributed by atoms with E-state index in [1.54, 1.807) is 0 Å². The van der Waals surface area contributed by atoms with Gasteiger partial charge in [0.1, 0.15) is 5.65 Å². The van der Waals surface area contributed by atoms with E-state index in [0.29, 0.717) is 13.0 Å². The van der Waals surface area contributed by atoms with Crippen LogP contribution >= 0.6 is 0 Å². The third-order valence-corrected chi connectivity index (χ3v) is 5.28. The van der Waals surface area contributed by atoms with E-state index >= 15 is 0 Å². The maximum absolute atomic E-state index is 12.4. The molecule has 6 heteroatoms. The van der Waals surface area contributed by atoms with E-state index < -0.39 is 0 Å². The Balaban J connectivity index is 1.42. The highest BCUT2D eigenvalue weighted by Gasteiger charge is 2.13. The van der Waals surface area contributed by atoms with Crippen LogP contribution in [0.2, 0.25) is 0 Å². The molecule has 0 bridgehead atoms. The molecule has 1 saturated heterocycles. The van der Waals surface area contributed by atoms with Crippen molar-refractivity contribution in [1.29, 1.82) is 0 Å². The van der Waals surface area contributed by atoms with Gasteiger partial charge < -0.3 is 15.0 Å². The number of H-pyrrole nitrogens is 1. The van der Waals surface area contributed by atoms with Crippen molar-refractivity contribution in [2.24, 2.45) is 0 Å². The Morgan fingerprint density at radius 1 is 1.29 bits per heavy atom. The summed E-state index contributed by atoms with van der Waals surface area (Å²) in [6.45, 7) is 7.05. The van der Waals surface area contributed by atoms with Crippen LogP contribution in [0.3, 0.4) is 0 Å². The number of ether oxygens (including phenoxy) is 1. The molecule has 0 spiro atoms. The summed E-state index contributed by atoms with van der Waals surface area (Å²) >= 11 is 0. The molecule has 146 valence electrons. The molecule has 6 nitrogen and oxygen atoms in total. The number of benzene rings is 1. The van der Waals surface area contributed by atoms with Gasteiger partial charge in [0.2, 0.25) is 5.91 Å². The quantitative estimate of drug-likeness (QED) is 0.692. The molecule has 28 heavy (non-hydrogen) atoms. The number of nitrogens with zero attached hydrogens (tertiary/aromatic N) is 2. The molecule has 0 atom stereocenters. The fourth-order valence-corrected chi connectivity index (χ4v) is 3.66. The van der Waals surface area contributed by atoms with Gasteiger partial charge in [0.05, 0.1) is 19.6 Å². The minimum absolute atomic E-state index is 0.0375. The fourth-order valence-electron chi connectivity index (χ4n) is 3.66. The number of carbonyl (C=O) groups is 1. The summed E-state index contributed by atoms with van der Waals surface area (Å²) in [6.07, 6.45) is 4.12. The lowest BCUT2D eigenvalue weighted by Gasteiger charge is -2.26. The third kappa shape index (κ3) is 4.24. The van der Waals surface area contributed by atoms with Crippen molar-refractivity contribution in [2.45, 2.75) is 13.3 Å². The molecule has 1 aliphatic heterocycles. The van der Waals surface area contributed by atoms with E-state index in [4.69, 9.17) is 4.74 Å². The topological polar surface area (TPSA) is 70.2 Å². The number of nitrogens with one attached hydrogen (secondary N) is 2. The van der Waals surface area contributed by atoms with Gasteiger partial charge in [0, 0.05) is 49.5 Å². The summed E-state index contributed by atoms with van der Waals surface area (Å²) in [4.78, 5) is 22.5. The number of hydrogen-bond acceptors (Lipinski definition) is 4. The molecule has 2 aromatic heterocycles. The molecule has 3 aromatic rings. The van der Waals surface area contributed by atoms with Gasteiger partial charge in [-0.05, 0) is 29.7 Å². The lowest BCUT2D eigenvalue weighted by molar-refractivity contribution is -0.120. The van der Waals surface area contributed by atoms with Crippen molar-refractivity contribution in [3.63, 3.8) is 0 Å². The fraction of sp³-hybridized carbons (Fsp3) is 0.364. The molecule has 2 N–H and O–H groups in total. The second-order valence-corrected chi connectivity index (χ2v) is 7.23. The number of morpholine rings is 1. The zero-order valence-electron chi connectivity index (χ0n) is 16.2. The number of amides is 1. The van der Waals surface area contributed by atoms with Gasteiger partial charge in [0.25, 0.3) is 0 Å². The zero-order chi connectivity index (χ0) is 19.3. The Bertz CT molecular complexity index is 960. The van der Waals surface area contributed by atoms with Gasteiger partial charge in [-0.25, -0.2) is 4.98 Å². The van der Waals surface area contributed by atoms with Crippen molar-refractivity contribution >= 4 is 16.9 Å². The van der Waals surface area contributed by atoms with E-state index in [1.807, 2.05) is 24.5 Å². The molecule has 3 heterocycles. The van der Waals surface area contributed by atoms with Crippen LogP contribution in [0.1, 0.15) is 11.1 Å². The summed E-state index contributed by atoms with van der Waals surface area (Å²) in [6, 6.07) is 10.4. The Labute approximate surface area is 164 Å². The molecular weight excluding hydrogens is 352 g/mol. The highest BCUT2D eigenvalue weighted by Crippen LogP contribution is 2.27. The van der Waals surface area contributed by atoms with Gasteiger partial charge in [-0.15, -0.1) is 0 Å². The number of carbonyl (C=O) groups excluding carboxylic acids is 1. The van der Waals surface area contributed by atoms with E-state index in [-0.39, 0.29) is 5.91 Å². The summed E-state index contributed by atoms with van der Waals surface area (Å²) in [5.41, 5.74) is 5.23. The van der Waals surface area contributed by atoms with Crippen molar-refractivity contribution in [3.8, 4) is 11.1 Å². The van der Waals surface area contributed by atoms with Gasteiger partial charge >= 0.3 is 0 Å². The van der Waals surface area contributed by atoms with E-state index in [2.05, 4.69) is 45.3 Å². The Hall–Kier alpha value is -2.70. The lowest BCUT2D eigenvalue weighted by Crippen LogP contribution is -2.41. The molecule has 4 rings (SSSR count). The average Bonchev–Trinajstić information content (AvgIpc) is 3.11. The molecule has 0 saturated carbocycles. The van der Waals surface area contributed by atoms with E-state index in [0.717, 1.165) is 55.0 Å². The Morgan fingerprint density at radius 3 is 2.93 bits per heavy atom. The molecular formula is C22H26N4O2. The van der Waals surface area contributed by atoms with Crippen LogP contribution in [0.5, 0.6) is 0 Å². The van der Waals surface area contributed by atoms with Crippen LogP contribution in [0.4, 0.5) is 0 Å². The highest BCUT2D eigenvalue weighted by molar-refractivity contribution is 5.89. The number of aromatic amines is 1.